The maximum atomic E-state index is 13.7. The van der Waals surface area contributed by atoms with E-state index in [1.807, 2.05) is 12.1 Å². The van der Waals surface area contributed by atoms with E-state index in [-0.39, 0.29) is 17.4 Å². The van der Waals surface area contributed by atoms with Crippen molar-refractivity contribution in [1.29, 1.82) is 0 Å². The molecule has 0 spiro atoms. The van der Waals surface area contributed by atoms with Crippen LogP contribution in [0.3, 0.4) is 0 Å². The normalized spacial score (nSPS) is 14.5. The van der Waals surface area contributed by atoms with Gasteiger partial charge >= 0.3 is 0 Å². The first kappa shape index (κ1) is 14.5. The van der Waals surface area contributed by atoms with Crippen LogP contribution in [0.15, 0.2) is 53.2 Å². The van der Waals surface area contributed by atoms with Crippen molar-refractivity contribution in [2.24, 2.45) is 0 Å². The predicted molar refractivity (Wildman–Crippen MR) is 82.6 cm³/mol. The summed E-state index contributed by atoms with van der Waals surface area (Å²) in [4.78, 5) is 22.3. The minimum absolute atomic E-state index is 0.0364. The van der Waals surface area contributed by atoms with Gasteiger partial charge in [0.25, 0.3) is 5.91 Å². The fourth-order valence-corrected chi connectivity index (χ4v) is 2.61. The van der Waals surface area contributed by atoms with Crippen LogP contribution in [0.25, 0.3) is 11.5 Å². The second kappa shape index (κ2) is 5.84. The summed E-state index contributed by atoms with van der Waals surface area (Å²) in [6, 6.07) is 11.4. The molecule has 0 atom stereocenters. The summed E-state index contributed by atoms with van der Waals surface area (Å²) in [5.41, 5.74) is 0.710. The summed E-state index contributed by atoms with van der Waals surface area (Å²) in [5.74, 6) is 0.0124. The average molecular weight is 324 g/mol. The van der Waals surface area contributed by atoms with E-state index in [4.69, 9.17) is 4.52 Å². The van der Waals surface area contributed by atoms with Crippen LogP contribution in [0.2, 0.25) is 0 Å². The summed E-state index contributed by atoms with van der Waals surface area (Å²) in [6.07, 6.45) is 1.66. The van der Waals surface area contributed by atoms with Crippen LogP contribution < -0.4 is 0 Å². The molecule has 0 unspecified atom stereocenters. The maximum absolute atomic E-state index is 13.7. The van der Waals surface area contributed by atoms with Crippen LogP contribution >= 0.6 is 0 Å². The van der Waals surface area contributed by atoms with Crippen molar-refractivity contribution in [2.75, 3.05) is 13.1 Å². The zero-order valence-corrected chi connectivity index (χ0v) is 12.6. The van der Waals surface area contributed by atoms with E-state index in [0.717, 1.165) is 0 Å². The molecule has 1 saturated heterocycles. The number of pyridine rings is 1. The van der Waals surface area contributed by atoms with Gasteiger partial charge in [0.1, 0.15) is 11.5 Å². The third kappa shape index (κ3) is 2.54. The molecule has 4 rings (SSSR count). The quantitative estimate of drug-likeness (QED) is 0.740. The number of benzene rings is 1. The van der Waals surface area contributed by atoms with Gasteiger partial charge in [-0.3, -0.25) is 9.78 Å². The Morgan fingerprint density at radius 2 is 1.96 bits per heavy atom. The van der Waals surface area contributed by atoms with Crippen LogP contribution in [0, 0.1) is 5.82 Å². The minimum atomic E-state index is -0.513. The molecule has 7 heteroatoms. The molecular weight excluding hydrogens is 311 g/mol. The molecule has 6 nitrogen and oxygen atoms in total. The standard InChI is InChI=1S/C17H13FN4O2/c18-13-6-2-1-5-12(13)17(23)22-9-11(10-22)16-20-15(21-24-16)14-7-3-4-8-19-14/h1-8,11H,9-10H2. The monoisotopic (exact) mass is 324 g/mol. The molecule has 1 aliphatic rings. The van der Waals surface area contributed by atoms with Gasteiger partial charge in [0.15, 0.2) is 0 Å². The van der Waals surface area contributed by atoms with Crippen molar-refractivity contribution in [2.45, 2.75) is 5.92 Å². The predicted octanol–water partition coefficient (Wildman–Crippen LogP) is 2.51. The molecular formula is C17H13FN4O2. The highest BCUT2D eigenvalue weighted by Crippen LogP contribution is 2.28. The molecule has 2 aromatic heterocycles. The molecule has 0 aliphatic carbocycles. The van der Waals surface area contributed by atoms with Crippen LogP contribution in [-0.2, 0) is 0 Å². The van der Waals surface area contributed by atoms with Crippen molar-refractivity contribution < 1.29 is 13.7 Å². The Labute approximate surface area is 136 Å². The summed E-state index contributed by atoms with van der Waals surface area (Å²) in [7, 11) is 0. The number of hydrogen-bond donors (Lipinski definition) is 0. The highest BCUT2D eigenvalue weighted by molar-refractivity contribution is 5.95. The number of aromatic nitrogens is 3. The molecule has 3 aromatic rings. The highest BCUT2D eigenvalue weighted by atomic mass is 19.1. The van der Waals surface area contributed by atoms with Crippen molar-refractivity contribution >= 4 is 5.91 Å². The Morgan fingerprint density at radius 3 is 2.71 bits per heavy atom. The minimum Gasteiger partial charge on any atom is -0.338 e. The first-order valence-corrected chi connectivity index (χ1v) is 7.51. The second-order valence-corrected chi connectivity index (χ2v) is 5.56. The number of carbonyl (C=O) groups excluding carboxylic acids is 1. The number of carbonyl (C=O) groups is 1. The molecule has 24 heavy (non-hydrogen) atoms. The molecule has 0 bridgehead atoms. The zero-order chi connectivity index (χ0) is 16.5. The Kier molecular flexibility index (Phi) is 3.53. The van der Waals surface area contributed by atoms with Crippen molar-refractivity contribution in [3.63, 3.8) is 0 Å². The molecule has 3 heterocycles. The van der Waals surface area contributed by atoms with Crippen LogP contribution in [0.1, 0.15) is 22.2 Å². The van der Waals surface area contributed by atoms with Gasteiger partial charge in [0, 0.05) is 19.3 Å². The van der Waals surface area contributed by atoms with E-state index in [0.29, 0.717) is 30.5 Å². The lowest BCUT2D eigenvalue weighted by atomic mass is 9.98. The fraction of sp³-hybridized carbons (Fsp3) is 0.176. The summed E-state index contributed by atoms with van der Waals surface area (Å²) < 4.78 is 18.9. The maximum Gasteiger partial charge on any atom is 0.256 e. The molecule has 1 fully saturated rings. The number of halogens is 1. The van der Waals surface area contributed by atoms with Gasteiger partial charge in [-0.15, -0.1) is 0 Å². The van der Waals surface area contributed by atoms with Gasteiger partial charge in [-0.2, -0.15) is 4.98 Å². The SMILES string of the molecule is O=C(c1ccccc1F)N1CC(c2nc(-c3ccccn3)no2)C1. The smallest absolute Gasteiger partial charge is 0.256 e. The first-order valence-electron chi connectivity index (χ1n) is 7.51. The van der Waals surface area contributed by atoms with Crippen molar-refractivity contribution in [1.82, 2.24) is 20.0 Å². The Bertz CT molecular complexity index is 875. The average Bonchev–Trinajstić information content (AvgIpc) is 3.04. The Balaban J connectivity index is 1.44. The number of hydrogen-bond acceptors (Lipinski definition) is 5. The van der Waals surface area contributed by atoms with Gasteiger partial charge in [0.05, 0.1) is 11.5 Å². The van der Waals surface area contributed by atoms with Gasteiger partial charge in [0.2, 0.25) is 11.7 Å². The van der Waals surface area contributed by atoms with E-state index in [1.165, 1.54) is 12.1 Å². The largest absolute Gasteiger partial charge is 0.338 e. The molecule has 1 aromatic carbocycles. The number of rotatable bonds is 3. The third-order valence-corrected chi connectivity index (χ3v) is 3.96. The number of amides is 1. The van der Waals surface area contributed by atoms with Crippen molar-refractivity contribution in [3.05, 3.63) is 65.9 Å². The molecule has 0 saturated carbocycles. The van der Waals surface area contributed by atoms with Gasteiger partial charge in [-0.25, -0.2) is 4.39 Å². The molecule has 120 valence electrons. The zero-order valence-electron chi connectivity index (χ0n) is 12.6. The van der Waals surface area contributed by atoms with E-state index >= 15 is 0 Å². The highest BCUT2D eigenvalue weighted by Gasteiger charge is 2.36. The molecule has 0 radical (unpaired) electrons. The van der Waals surface area contributed by atoms with Crippen LogP contribution in [-0.4, -0.2) is 39.0 Å². The van der Waals surface area contributed by atoms with Gasteiger partial charge < -0.3 is 9.42 Å². The molecule has 1 aliphatic heterocycles. The first-order chi connectivity index (χ1) is 11.7. The van der Waals surface area contributed by atoms with Gasteiger partial charge in [-0.1, -0.05) is 23.4 Å². The summed E-state index contributed by atoms with van der Waals surface area (Å²) in [6.45, 7) is 0.855. The van der Waals surface area contributed by atoms with Crippen LogP contribution in [0.5, 0.6) is 0 Å². The van der Waals surface area contributed by atoms with Crippen molar-refractivity contribution in [3.8, 4) is 11.5 Å². The van der Waals surface area contributed by atoms with E-state index in [1.54, 1.807) is 29.3 Å². The Morgan fingerprint density at radius 1 is 1.17 bits per heavy atom. The van der Waals surface area contributed by atoms with E-state index in [2.05, 4.69) is 15.1 Å². The van der Waals surface area contributed by atoms with Gasteiger partial charge in [-0.05, 0) is 24.3 Å². The topological polar surface area (TPSA) is 72.1 Å². The van der Waals surface area contributed by atoms with Crippen LogP contribution in [0.4, 0.5) is 4.39 Å². The molecule has 0 N–H and O–H groups in total. The third-order valence-electron chi connectivity index (χ3n) is 3.96. The lowest BCUT2D eigenvalue weighted by Crippen LogP contribution is -2.48. The number of nitrogens with zero attached hydrogens (tertiary/aromatic N) is 4. The fourth-order valence-electron chi connectivity index (χ4n) is 2.61. The number of likely N-dealkylation sites (tertiary alicyclic amines) is 1. The summed E-state index contributed by atoms with van der Waals surface area (Å²) in [5, 5.41) is 3.92. The van der Waals surface area contributed by atoms with E-state index in [9.17, 15) is 9.18 Å². The Hall–Kier alpha value is -3.09. The van der Waals surface area contributed by atoms with E-state index < -0.39 is 5.82 Å². The molecule has 1 amide bonds. The lowest BCUT2D eigenvalue weighted by Gasteiger charge is -2.37. The summed E-state index contributed by atoms with van der Waals surface area (Å²) >= 11 is 0. The second-order valence-electron chi connectivity index (χ2n) is 5.56. The lowest BCUT2D eigenvalue weighted by molar-refractivity contribution is 0.0564.